The van der Waals surface area contributed by atoms with Crippen molar-refractivity contribution in [1.82, 2.24) is 14.5 Å². The van der Waals surface area contributed by atoms with Gasteiger partial charge in [-0.1, -0.05) is 24.3 Å². The summed E-state index contributed by atoms with van der Waals surface area (Å²) in [5.41, 5.74) is -0.442. The van der Waals surface area contributed by atoms with Crippen LogP contribution in [0.25, 0.3) is 10.9 Å². The summed E-state index contributed by atoms with van der Waals surface area (Å²) in [5.74, 6) is 1.23. The lowest BCUT2D eigenvalue weighted by Gasteiger charge is -2.29. The van der Waals surface area contributed by atoms with E-state index in [1.165, 1.54) is 4.57 Å². The summed E-state index contributed by atoms with van der Waals surface area (Å²) in [6.07, 6.45) is -0.146. The average molecular weight is 395 g/mol. The van der Waals surface area contributed by atoms with Crippen LogP contribution in [-0.4, -0.2) is 46.7 Å². The van der Waals surface area contributed by atoms with Gasteiger partial charge < -0.3 is 14.4 Å². The van der Waals surface area contributed by atoms with Crippen molar-refractivity contribution in [3.63, 3.8) is 0 Å². The van der Waals surface area contributed by atoms with Crippen molar-refractivity contribution in [2.24, 2.45) is 0 Å². The third-order valence-corrected chi connectivity index (χ3v) is 4.93. The number of fused-ring (bicyclic) bond motifs is 2. The lowest BCUT2D eigenvalue weighted by atomic mass is 10.2. The largest absolute Gasteiger partial charge is 0.486 e. The number of ether oxygens (including phenoxy) is 2. The van der Waals surface area contributed by atoms with E-state index in [9.17, 15) is 14.4 Å². The van der Waals surface area contributed by atoms with E-state index in [1.54, 1.807) is 36.2 Å². The number of para-hydroxylation sites is 3. The van der Waals surface area contributed by atoms with Crippen LogP contribution >= 0.6 is 0 Å². The van der Waals surface area contributed by atoms with Crippen molar-refractivity contribution in [1.29, 1.82) is 0 Å². The number of nitrogens with one attached hydrogen (secondary N) is 1. The first-order chi connectivity index (χ1) is 14.0. The smallest absolute Gasteiger partial charge is 0.328 e. The number of H-pyrrole nitrogens is 1. The van der Waals surface area contributed by atoms with Crippen molar-refractivity contribution < 1.29 is 14.3 Å². The maximum absolute atomic E-state index is 12.6. The van der Waals surface area contributed by atoms with Crippen LogP contribution < -0.4 is 20.7 Å². The van der Waals surface area contributed by atoms with Crippen LogP contribution in [-0.2, 0) is 11.3 Å². The highest BCUT2D eigenvalue weighted by molar-refractivity contribution is 5.78. The Morgan fingerprint density at radius 3 is 2.69 bits per heavy atom. The number of aromatic amines is 1. The van der Waals surface area contributed by atoms with Gasteiger partial charge in [0, 0.05) is 20.0 Å². The highest BCUT2D eigenvalue weighted by Gasteiger charge is 2.23. The highest BCUT2D eigenvalue weighted by Crippen LogP contribution is 2.30. The number of hydrogen-bond donors (Lipinski definition) is 1. The lowest BCUT2D eigenvalue weighted by Crippen LogP contribution is -2.42. The van der Waals surface area contributed by atoms with Gasteiger partial charge in [0.15, 0.2) is 17.6 Å². The van der Waals surface area contributed by atoms with E-state index in [1.807, 2.05) is 24.3 Å². The number of nitrogens with zero attached hydrogens (tertiary/aromatic N) is 2. The van der Waals surface area contributed by atoms with E-state index < -0.39 is 11.2 Å². The predicted octanol–water partition coefficient (Wildman–Crippen LogP) is 1.38. The molecule has 0 bridgehead atoms. The molecule has 8 heteroatoms. The molecule has 29 heavy (non-hydrogen) atoms. The minimum atomic E-state index is -0.523. The fourth-order valence-electron chi connectivity index (χ4n) is 3.42. The van der Waals surface area contributed by atoms with E-state index in [-0.39, 0.29) is 25.0 Å². The summed E-state index contributed by atoms with van der Waals surface area (Å²) < 4.78 is 13.0. The normalized spacial score (nSPS) is 15.3. The van der Waals surface area contributed by atoms with E-state index in [0.717, 1.165) is 0 Å². The second-order valence-electron chi connectivity index (χ2n) is 6.95. The molecule has 0 fully saturated rings. The van der Waals surface area contributed by atoms with Gasteiger partial charge in [0.2, 0.25) is 5.91 Å². The van der Waals surface area contributed by atoms with E-state index in [0.29, 0.717) is 35.6 Å². The topological polar surface area (TPSA) is 93.6 Å². The van der Waals surface area contributed by atoms with Crippen molar-refractivity contribution in [3.8, 4) is 11.5 Å². The Kier molecular flexibility index (Phi) is 5.07. The van der Waals surface area contributed by atoms with Gasteiger partial charge in [-0.2, -0.15) is 0 Å². The number of carbonyl (C=O) groups is 1. The van der Waals surface area contributed by atoms with Crippen molar-refractivity contribution in [3.05, 3.63) is 69.4 Å². The van der Waals surface area contributed by atoms with Gasteiger partial charge >= 0.3 is 5.69 Å². The maximum Gasteiger partial charge on any atom is 0.328 e. The molecule has 0 saturated carbocycles. The lowest BCUT2D eigenvalue weighted by molar-refractivity contribution is -0.131. The van der Waals surface area contributed by atoms with Crippen LogP contribution in [0.5, 0.6) is 11.5 Å². The Labute approximate surface area is 166 Å². The minimum absolute atomic E-state index is 0.122. The third-order valence-electron chi connectivity index (χ3n) is 4.93. The van der Waals surface area contributed by atoms with E-state index in [4.69, 9.17) is 9.47 Å². The van der Waals surface area contributed by atoms with Crippen molar-refractivity contribution in [2.75, 3.05) is 20.2 Å². The molecule has 1 aliphatic rings. The minimum Gasteiger partial charge on any atom is -0.486 e. The molecule has 0 saturated heterocycles. The summed E-state index contributed by atoms with van der Waals surface area (Å²) >= 11 is 0. The van der Waals surface area contributed by atoms with Gasteiger partial charge in [-0.3, -0.25) is 19.1 Å². The van der Waals surface area contributed by atoms with Gasteiger partial charge in [-0.05, 0) is 24.3 Å². The molecule has 4 rings (SSSR count). The van der Waals surface area contributed by atoms with Crippen molar-refractivity contribution >= 4 is 16.8 Å². The van der Waals surface area contributed by atoms with Gasteiger partial charge in [0.05, 0.1) is 17.4 Å². The fourth-order valence-corrected chi connectivity index (χ4v) is 3.42. The predicted molar refractivity (Wildman–Crippen MR) is 107 cm³/mol. The average Bonchev–Trinajstić information content (AvgIpc) is 2.73. The summed E-state index contributed by atoms with van der Waals surface area (Å²) in [7, 11) is 1.69. The zero-order valence-electron chi connectivity index (χ0n) is 16.0. The number of carbonyl (C=O) groups excluding carboxylic acids is 1. The number of rotatable bonds is 5. The third kappa shape index (κ3) is 3.87. The van der Waals surface area contributed by atoms with Crippen LogP contribution in [0.15, 0.2) is 58.1 Å². The Balaban J connectivity index is 1.41. The SMILES string of the molecule is CN(CC1COc2ccccc2O1)C(=O)CCn1c(=O)[nH]c(=O)c2ccccc21. The number of benzene rings is 2. The Morgan fingerprint density at radius 1 is 1.14 bits per heavy atom. The van der Waals surface area contributed by atoms with Crippen LogP contribution in [0.3, 0.4) is 0 Å². The van der Waals surface area contributed by atoms with Gasteiger partial charge in [0.25, 0.3) is 5.56 Å². The Bertz CT molecular complexity index is 1170. The number of hydrogen-bond acceptors (Lipinski definition) is 5. The number of aromatic nitrogens is 2. The highest BCUT2D eigenvalue weighted by atomic mass is 16.6. The van der Waals surface area contributed by atoms with Crippen LogP contribution in [0.4, 0.5) is 0 Å². The Hall–Kier alpha value is -3.55. The zero-order valence-corrected chi connectivity index (χ0v) is 16.0. The first-order valence-electron chi connectivity index (χ1n) is 9.37. The van der Waals surface area contributed by atoms with Crippen LogP contribution in [0.2, 0.25) is 0 Å². The first kappa shape index (κ1) is 18.8. The molecule has 8 nitrogen and oxygen atoms in total. The first-order valence-corrected chi connectivity index (χ1v) is 9.37. The quantitative estimate of drug-likeness (QED) is 0.704. The monoisotopic (exact) mass is 395 g/mol. The second-order valence-corrected chi connectivity index (χ2v) is 6.95. The Morgan fingerprint density at radius 2 is 1.86 bits per heavy atom. The summed E-state index contributed by atoms with van der Waals surface area (Å²) in [6, 6.07) is 14.2. The summed E-state index contributed by atoms with van der Waals surface area (Å²) in [4.78, 5) is 40.6. The van der Waals surface area contributed by atoms with E-state index in [2.05, 4.69) is 4.98 Å². The second kappa shape index (κ2) is 7.83. The molecular weight excluding hydrogens is 374 g/mol. The molecule has 1 amide bonds. The van der Waals surface area contributed by atoms with Gasteiger partial charge in [-0.15, -0.1) is 0 Å². The van der Waals surface area contributed by atoms with Gasteiger partial charge in [0.1, 0.15) is 6.61 Å². The van der Waals surface area contributed by atoms with Crippen LogP contribution in [0, 0.1) is 0 Å². The molecular formula is C21H21N3O5. The molecule has 1 N–H and O–H groups in total. The summed E-state index contributed by atoms with van der Waals surface area (Å²) in [6.45, 7) is 0.900. The number of likely N-dealkylation sites (N-methyl/N-ethyl adjacent to an activating group) is 1. The number of amides is 1. The summed E-state index contributed by atoms with van der Waals surface area (Å²) in [5, 5.41) is 0.416. The maximum atomic E-state index is 12.6. The fraction of sp³-hybridized carbons (Fsp3) is 0.286. The van der Waals surface area contributed by atoms with E-state index >= 15 is 0 Å². The molecule has 3 aromatic rings. The molecule has 0 radical (unpaired) electrons. The molecule has 1 unspecified atom stereocenters. The van der Waals surface area contributed by atoms with Gasteiger partial charge in [-0.25, -0.2) is 4.79 Å². The molecule has 0 spiro atoms. The van der Waals surface area contributed by atoms with Crippen LogP contribution in [0.1, 0.15) is 6.42 Å². The standard InChI is InChI=1S/C21H21N3O5/c1-23(12-14-13-28-17-8-4-5-9-18(17)29-14)19(25)10-11-24-16-7-3-2-6-15(16)20(26)22-21(24)27/h2-9,14H,10-13H2,1H3,(H,22,26,27). The van der Waals surface area contributed by atoms with Crippen molar-refractivity contribution in [2.45, 2.75) is 19.1 Å². The molecule has 0 aliphatic carbocycles. The molecule has 2 aromatic carbocycles. The molecule has 1 aromatic heterocycles. The number of aryl methyl sites for hydroxylation is 1. The zero-order chi connectivity index (χ0) is 20.4. The molecule has 1 aliphatic heterocycles. The molecule has 150 valence electrons. The molecule has 1 atom stereocenters. The molecule has 2 heterocycles.